The molecule has 2 nitrogen and oxygen atoms in total. The zero-order chi connectivity index (χ0) is 10.9. The van der Waals surface area contributed by atoms with Crippen LogP contribution in [0.15, 0.2) is 12.1 Å². The molecule has 0 amide bonds. The van der Waals surface area contributed by atoms with E-state index in [2.05, 4.69) is 0 Å². The van der Waals surface area contributed by atoms with E-state index in [0.717, 1.165) is 12.1 Å². The highest BCUT2D eigenvalue weighted by atomic mass is 19.2. The average molecular weight is 201 g/mol. The minimum absolute atomic E-state index is 0.383. The van der Waals surface area contributed by atoms with Crippen LogP contribution >= 0.6 is 0 Å². The first-order valence-corrected chi connectivity index (χ1v) is 4.27. The Bertz CT molecular complexity index is 304. The number of aliphatic hydroxyl groups excluding tert-OH is 1. The third-order valence-electron chi connectivity index (χ3n) is 2.00. The molecule has 0 spiro atoms. The molecule has 1 unspecified atom stereocenters. The van der Waals surface area contributed by atoms with Crippen molar-refractivity contribution in [3.63, 3.8) is 0 Å². The van der Waals surface area contributed by atoms with Crippen LogP contribution in [0.3, 0.4) is 0 Å². The normalized spacial score (nSPS) is 12.7. The van der Waals surface area contributed by atoms with Gasteiger partial charge in [0.05, 0.1) is 6.10 Å². The van der Waals surface area contributed by atoms with E-state index in [0.29, 0.717) is 11.3 Å². The van der Waals surface area contributed by atoms with Crippen molar-refractivity contribution < 1.29 is 13.9 Å². The number of benzene rings is 1. The van der Waals surface area contributed by atoms with E-state index in [-0.39, 0.29) is 0 Å². The predicted molar refractivity (Wildman–Crippen MR) is 51.3 cm³/mol. The van der Waals surface area contributed by atoms with Gasteiger partial charge in [-0.25, -0.2) is 8.78 Å². The zero-order valence-corrected chi connectivity index (χ0v) is 8.38. The molecule has 1 aromatic carbocycles. The predicted octanol–water partition coefficient (Wildman–Crippen LogP) is 2.08. The minimum Gasteiger partial charge on any atom is -0.389 e. The molecule has 0 saturated carbocycles. The van der Waals surface area contributed by atoms with Gasteiger partial charge < -0.3 is 10.0 Å². The number of anilines is 1. The van der Waals surface area contributed by atoms with Gasteiger partial charge in [0, 0.05) is 31.4 Å². The Kier molecular flexibility index (Phi) is 3.06. The summed E-state index contributed by atoms with van der Waals surface area (Å²) in [5.41, 5.74) is 0.868. The van der Waals surface area contributed by atoms with Crippen molar-refractivity contribution in [3.05, 3.63) is 29.3 Å². The Morgan fingerprint density at radius 2 is 1.71 bits per heavy atom. The highest BCUT2D eigenvalue weighted by Crippen LogP contribution is 2.27. The first-order chi connectivity index (χ1) is 6.43. The molecule has 14 heavy (non-hydrogen) atoms. The van der Waals surface area contributed by atoms with Gasteiger partial charge in [-0.1, -0.05) is 0 Å². The number of rotatable bonds is 2. The molecule has 1 N–H and O–H groups in total. The average Bonchev–Trinajstić information content (AvgIpc) is 2.08. The molecule has 0 heterocycles. The van der Waals surface area contributed by atoms with Gasteiger partial charge in [-0.2, -0.15) is 0 Å². The first kappa shape index (κ1) is 10.9. The monoisotopic (exact) mass is 201 g/mol. The summed E-state index contributed by atoms with van der Waals surface area (Å²) in [6.07, 6.45) is -0.817. The smallest absolute Gasteiger partial charge is 0.160 e. The summed E-state index contributed by atoms with van der Waals surface area (Å²) in [6.45, 7) is 1.51. The van der Waals surface area contributed by atoms with Gasteiger partial charge in [-0.15, -0.1) is 0 Å². The molecule has 4 heteroatoms. The van der Waals surface area contributed by atoms with Crippen molar-refractivity contribution in [2.24, 2.45) is 0 Å². The second kappa shape index (κ2) is 3.92. The molecule has 0 aromatic heterocycles. The highest BCUT2D eigenvalue weighted by Gasteiger charge is 2.14. The summed E-state index contributed by atoms with van der Waals surface area (Å²) in [7, 11) is 3.41. The van der Waals surface area contributed by atoms with E-state index in [4.69, 9.17) is 0 Å². The standard InChI is InChI=1S/C10H13F2NO/c1-6(14)7-4-8(11)9(12)5-10(7)13(2)3/h4-6,14H,1-3H3. The van der Waals surface area contributed by atoms with Crippen LogP contribution in [0, 0.1) is 11.6 Å². The van der Waals surface area contributed by atoms with Gasteiger partial charge in [0.25, 0.3) is 0 Å². The van der Waals surface area contributed by atoms with Gasteiger partial charge in [-0.05, 0) is 13.0 Å². The Morgan fingerprint density at radius 1 is 1.21 bits per heavy atom. The van der Waals surface area contributed by atoms with E-state index in [9.17, 15) is 13.9 Å². The van der Waals surface area contributed by atoms with E-state index < -0.39 is 17.7 Å². The molecule has 0 aliphatic rings. The number of hydrogen-bond acceptors (Lipinski definition) is 2. The van der Waals surface area contributed by atoms with Crippen LogP contribution in [0.5, 0.6) is 0 Å². The molecule has 0 bridgehead atoms. The van der Waals surface area contributed by atoms with E-state index in [1.54, 1.807) is 19.0 Å². The summed E-state index contributed by atoms with van der Waals surface area (Å²) < 4.78 is 25.8. The van der Waals surface area contributed by atoms with Crippen LogP contribution < -0.4 is 4.90 Å². The van der Waals surface area contributed by atoms with Crippen LogP contribution in [0.25, 0.3) is 0 Å². The molecule has 1 atom stereocenters. The maximum absolute atomic E-state index is 12.9. The number of nitrogens with zero attached hydrogens (tertiary/aromatic N) is 1. The number of aliphatic hydroxyl groups is 1. The van der Waals surface area contributed by atoms with E-state index in [1.807, 2.05) is 0 Å². The Balaban J connectivity index is 3.31. The lowest BCUT2D eigenvalue weighted by Gasteiger charge is -2.19. The zero-order valence-electron chi connectivity index (χ0n) is 8.38. The molecular weight excluding hydrogens is 188 g/mol. The quantitative estimate of drug-likeness (QED) is 0.791. The van der Waals surface area contributed by atoms with Crippen molar-refractivity contribution >= 4 is 5.69 Å². The molecule has 0 saturated heterocycles. The summed E-state index contributed by atoms with van der Waals surface area (Å²) in [4.78, 5) is 1.63. The van der Waals surface area contributed by atoms with Gasteiger partial charge >= 0.3 is 0 Å². The SMILES string of the molecule is CC(O)c1cc(F)c(F)cc1N(C)C. The second-order valence-corrected chi connectivity index (χ2v) is 3.40. The van der Waals surface area contributed by atoms with Crippen LogP contribution in [0.2, 0.25) is 0 Å². The summed E-state index contributed by atoms with van der Waals surface area (Å²) in [5.74, 6) is -1.84. The van der Waals surface area contributed by atoms with Gasteiger partial charge in [0.15, 0.2) is 11.6 Å². The van der Waals surface area contributed by atoms with Crippen molar-refractivity contribution in [1.29, 1.82) is 0 Å². The number of halogens is 2. The lowest BCUT2D eigenvalue weighted by molar-refractivity contribution is 0.199. The fraction of sp³-hybridized carbons (Fsp3) is 0.400. The largest absolute Gasteiger partial charge is 0.389 e. The van der Waals surface area contributed by atoms with Gasteiger partial charge in [0.2, 0.25) is 0 Å². The fourth-order valence-corrected chi connectivity index (χ4v) is 1.27. The molecular formula is C10H13F2NO. The molecule has 0 radical (unpaired) electrons. The minimum atomic E-state index is -0.938. The summed E-state index contributed by atoms with van der Waals surface area (Å²) in [5, 5.41) is 9.35. The third-order valence-corrected chi connectivity index (χ3v) is 2.00. The third kappa shape index (κ3) is 2.01. The maximum atomic E-state index is 12.9. The van der Waals surface area contributed by atoms with Crippen LogP contribution in [0.4, 0.5) is 14.5 Å². The van der Waals surface area contributed by atoms with Crippen molar-refractivity contribution in [3.8, 4) is 0 Å². The van der Waals surface area contributed by atoms with Gasteiger partial charge in [-0.3, -0.25) is 0 Å². The fourth-order valence-electron chi connectivity index (χ4n) is 1.27. The summed E-state index contributed by atoms with van der Waals surface area (Å²) >= 11 is 0. The highest BCUT2D eigenvalue weighted by molar-refractivity contribution is 5.54. The molecule has 0 aliphatic carbocycles. The topological polar surface area (TPSA) is 23.5 Å². The molecule has 0 fully saturated rings. The van der Waals surface area contributed by atoms with E-state index in [1.165, 1.54) is 6.92 Å². The molecule has 0 aliphatic heterocycles. The van der Waals surface area contributed by atoms with Crippen molar-refractivity contribution in [1.82, 2.24) is 0 Å². The number of hydrogen-bond donors (Lipinski definition) is 1. The Morgan fingerprint density at radius 3 is 2.14 bits per heavy atom. The molecule has 78 valence electrons. The van der Waals surface area contributed by atoms with Crippen LogP contribution in [-0.4, -0.2) is 19.2 Å². The maximum Gasteiger partial charge on any atom is 0.160 e. The van der Waals surface area contributed by atoms with Crippen LogP contribution in [-0.2, 0) is 0 Å². The molecule has 1 aromatic rings. The van der Waals surface area contributed by atoms with Crippen molar-refractivity contribution in [2.75, 3.05) is 19.0 Å². The second-order valence-electron chi connectivity index (χ2n) is 3.40. The Labute approximate surface area is 81.8 Å². The summed E-state index contributed by atoms with van der Waals surface area (Å²) in [6, 6.07) is 2.10. The van der Waals surface area contributed by atoms with Gasteiger partial charge in [0.1, 0.15) is 0 Å². The lowest BCUT2D eigenvalue weighted by atomic mass is 10.1. The molecule has 1 rings (SSSR count). The van der Waals surface area contributed by atoms with Crippen LogP contribution in [0.1, 0.15) is 18.6 Å². The lowest BCUT2D eigenvalue weighted by Crippen LogP contribution is -2.13. The first-order valence-electron chi connectivity index (χ1n) is 4.27. The van der Waals surface area contributed by atoms with Crippen molar-refractivity contribution in [2.45, 2.75) is 13.0 Å². The van der Waals surface area contributed by atoms with E-state index >= 15 is 0 Å². The Hall–Kier alpha value is -1.16.